The molecule has 2 aromatic heterocycles. The van der Waals surface area contributed by atoms with Gasteiger partial charge in [0.25, 0.3) is 0 Å². The van der Waals surface area contributed by atoms with Gasteiger partial charge in [-0.3, -0.25) is 14.4 Å². The smallest absolute Gasteiger partial charge is 0.341 e. The molecule has 2 aromatic carbocycles. The molecule has 2 aliphatic carbocycles. The normalized spacial score (nSPS) is 15.4. The predicted molar refractivity (Wildman–Crippen MR) is 316 cm³/mol. The second-order valence-electron chi connectivity index (χ2n) is 20.9. The average Bonchev–Trinajstić information content (AvgIpc) is 2.20. The maximum Gasteiger partial charge on any atom is 0.341 e. The number of amides is 1. The summed E-state index contributed by atoms with van der Waals surface area (Å²) in [6.45, 7) is 15.4. The number of ether oxygens (including phenoxy) is 12. The number of nitrogens with one attached hydrogen (secondary N) is 1. The lowest BCUT2D eigenvalue weighted by atomic mass is 10.1. The van der Waals surface area contributed by atoms with Gasteiger partial charge < -0.3 is 96.2 Å². The number of hydrogen-bond acceptors (Lipinski definition) is 20. The van der Waals surface area contributed by atoms with E-state index in [1.54, 1.807) is 28.7 Å². The third-order valence-corrected chi connectivity index (χ3v) is 14.6. The maximum atomic E-state index is 15.3. The minimum Gasteiger partial charge on any atom is -0.477 e. The highest BCUT2D eigenvalue weighted by atomic mass is 19.1. The van der Waals surface area contributed by atoms with Crippen LogP contribution in [-0.4, -0.2) is 254 Å². The van der Waals surface area contributed by atoms with Gasteiger partial charge in [0.1, 0.15) is 22.8 Å². The van der Waals surface area contributed by atoms with Crippen LogP contribution in [-0.2, 0) is 61.6 Å². The molecular weight excluding hydrogens is 1150 g/mol. The number of carboxylic acid groups (broad SMARTS) is 2. The number of piperazine rings is 2. The number of methoxy groups -OCH3 is 1. The van der Waals surface area contributed by atoms with E-state index in [9.17, 15) is 38.6 Å². The largest absolute Gasteiger partial charge is 0.477 e. The molecule has 0 radical (unpaired) electrons. The number of nitrogens with zero attached hydrogens (tertiary/aromatic N) is 5. The molecule has 8 rings (SSSR count). The van der Waals surface area contributed by atoms with Crippen LogP contribution >= 0.6 is 0 Å². The Hall–Kier alpha value is -5.79. The third kappa shape index (κ3) is 22.6. The first-order chi connectivity index (χ1) is 42.5. The van der Waals surface area contributed by atoms with Crippen molar-refractivity contribution in [2.24, 2.45) is 0 Å². The number of benzene rings is 2. The van der Waals surface area contributed by atoms with Gasteiger partial charge in [-0.05, 0) is 49.9 Å². The standard InChI is InChI=1S/C43H68FN3O16.C17H18FN3O3/c1-52-10-11-54-14-15-56-18-19-58-22-23-60-26-27-62-30-31-63-29-28-61-25-24-59-21-20-57-17-16-55-13-12-53-9-4-41(48)46-7-5-45(6-8-46)40-33-39-36(32-38(40)44)42(49)37(43(50)51)34-47(39)35-2-3-35;18-13-7-11-14(8-15(13)20-5-3-19-4-6-20)21(10-1-2-10)9-12(16(11)22)17(23)24/h32-35H,2-31H2,1H3,(H,50,51);7-10,19H,1-6H2,(H,23,24). The summed E-state index contributed by atoms with van der Waals surface area (Å²) in [4.78, 5) is 66.5. The summed E-state index contributed by atoms with van der Waals surface area (Å²) < 4.78 is 98.6. The molecule has 2 saturated heterocycles. The topological polar surface area (TPSA) is 268 Å². The third-order valence-electron chi connectivity index (χ3n) is 14.6. The van der Waals surface area contributed by atoms with Crippen LogP contribution in [0, 0.1) is 11.6 Å². The highest BCUT2D eigenvalue weighted by Crippen LogP contribution is 2.39. The minimum atomic E-state index is -1.33. The van der Waals surface area contributed by atoms with E-state index in [-0.39, 0.29) is 52.9 Å². The molecular formula is C60H86F2N6O19. The van der Waals surface area contributed by atoms with E-state index < -0.39 is 34.4 Å². The molecule has 4 heterocycles. The predicted octanol–water partition coefficient (Wildman–Crippen LogP) is 3.62. The lowest BCUT2D eigenvalue weighted by Gasteiger charge is -2.36. The fourth-order valence-electron chi connectivity index (χ4n) is 9.68. The van der Waals surface area contributed by atoms with Crippen molar-refractivity contribution < 1.29 is 90.2 Å². The number of carbonyl (C=O) groups is 3. The zero-order chi connectivity index (χ0) is 61.6. The Morgan fingerprint density at radius 3 is 1.08 bits per heavy atom. The molecule has 2 saturated carbocycles. The van der Waals surface area contributed by atoms with Crippen LogP contribution in [0.3, 0.4) is 0 Å². The number of aromatic nitrogens is 2. The second kappa shape index (κ2) is 37.9. The van der Waals surface area contributed by atoms with Gasteiger partial charge in [-0.1, -0.05) is 0 Å². The molecule has 484 valence electrons. The summed E-state index contributed by atoms with van der Waals surface area (Å²) in [7, 11) is 1.64. The number of anilines is 2. The van der Waals surface area contributed by atoms with E-state index in [1.807, 2.05) is 14.4 Å². The van der Waals surface area contributed by atoms with E-state index in [0.29, 0.717) is 207 Å². The van der Waals surface area contributed by atoms with Crippen molar-refractivity contribution in [1.29, 1.82) is 0 Å². The van der Waals surface area contributed by atoms with Crippen molar-refractivity contribution in [2.75, 3.05) is 221 Å². The van der Waals surface area contributed by atoms with Gasteiger partial charge in [0.05, 0.1) is 181 Å². The van der Waals surface area contributed by atoms with Crippen molar-refractivity contribution in [1.82, 2.24) is 19.4 Å². The number of fused-ring (bicyclic) bond motifs is 2. The van der Waals surface area contributed by atoms with Gasteiger partial charge in [0.2, 0.25) is 16.8 Å². The number of halogens is 2. The van der Waals surface area contributed by atoms with Crippen LogP contribution < -0.4 is 26.0 Å². The Morgan fingerprint density at radius 1 is 0.460 bits per heavy atom. The number of rotatable bonds is 42. The Balaban J connectivity index is 0.000000370. The SMILES string of the molecule is COCCOCCOCCOCCOCCOCCOCCOCCOCCOCCOCCOCCC(=O)N1CCN(c2cc3c(cc2F)c(=O)c(C(=O)O)cn3C2CC2)CC1.O=C(O)c1cn(C2CC2)c2cc(N3CCNCC3)c(F)cc2c1=O. The van der Waals surface area contributed by atoms with Gasteiger partial charge in [-0.2, -0.15) is 0 Å². The van der Waals surface area contributed by atoms with Crippen LogP contribution in [0.1, 0.15) is 64.9 Å². The van der Waals surface area contributed by atoms with Gasteiger partial charge >= 0.3 is 11.9 Å². The van der Waals surface area contributed by atoms with Gasteiger partial charge in [0.15, 0.2) is 0 Å². The van der Waals surface area contributed by atoms with Gasteiger partial charge in [-0.15, -0.1) is 0 Å². The molecule has 0 spiro atoms. The number of hydrogen-bond donors (Lipinski definition) is 3. The zero-order valence-electron chi connectivity index (χ0n) is 49.9. The Labute approximate surface area is 504 Å². The molecule has 0 unspecified atom stereocenters. The average molecular weight is 1230 g/mol. The number of pyridine rings is 2. The van der Waals surface area contributed by atoms with E-state index >= 15 is 4.39 Å². The van der Waals surface area contributed by atoms with E-state index in [1.165, 1.54) is 18.5 Å². The number of carboxylic acids is 2. The quantitative estimate of drug-likeness (QED) is 0.0535. The fraction of sp³-hybridized carbons (Fsp3) is 0.650. The summed E-state index contributed by atoms with van der Waals surface area (Å²) in [5.41, 5.74) is -0.0458. The van der Waals surface area contributed by atoms with Crippen molar-refractivity contribution in [2.45, 2.75) is 44.2 Å². The Morgan fingerprint density at radius 2 is 0.770 bits per heavy atom. The van der Waals surface area contributed by atoms with Crippen LogP contribution in [0.4, 0.5) is 20.2 Å². The minimum absolute atomic E-state index is 0.0424. The van der Waals surface area contributed by atoms with Gasteiger partial charge in [-0.25, -0.2) is 18.4 Å². The summed E-state index contributed by atoms with van der Waals surface area (Å²) >= 11 is 0. The lowest BCUT2D eigenvalue weighted by Crippen LogP contribution is -2.49. The summed E-state index contributed by atoms with van der Waals surface area (Å²) in [6, 6.07) is 5.94. The lowest BCUT2D eigenvalue weighted by molar-refractivity contribution is -0.132. The van der Waals surface area contributed by atoms with Crippen LogP contribution in [0.25, 0.3) is 21.8 Å². The Kier molecular flexibility index (Phi) is 29.9. The maximum absolute atomic E-state index is 15.3. The molecule has 3 N–H and O–H groups in total. The van der Waals surface area contributed by atoms with Crippen molar-refractivity contribution in [3.8, 4) is 0 Å². The molecule has 0 bridgehead atoms. The molecule has 4 fully saturated rings. The van der Waals surface area contributed by atoms with Gasteiger partial charge in [0, 0.05) is 94.7 Å². The molecule has 4 aliphatic rings. The molecule has 87 heavy (non-hydrogen) atoms. The zero-order valence-corrected chi connectivity index (χ0v) is 49.9. The molecule has 27 heteroatoms. The highest BCUT2D eigenvalue weighted by molar-refractivity contribution is 5.95. The van der Waals surface area contributed by atoms with Crippen LogP contribution in [0.15, 0.2) is 46.2 Å². The van der Waals surface area contributed by atoms with Crippen LogP contribution in [0.5, 0.6) is 0 Å². The summed E-state index contributed by atoms with van der Waals surface area (Å²) in [6.07, 6.45) is 6.62. The van der Waals surface area contributed by atoms with E-state index in [4.69, 9.17) is 56.8 Å². The van der Waals surface area contributed by atoms with E-state index in [0.717, 1.165) is 44.8 Å². The molecule has 25 nitrogen and oxygen atoms in total. The summed E-state index contributed by atoms with van der Waals surface area (Å²) in [5.74, 6) is -3.72. The molecule has 1 amide bonds. The van der Waals surface area contributed by atoms with Crippen molar-refractivity contribution >= 4 is 51.0 Å². The second-order valence-corrected chi connectivity index (χ2v) is 20.9. The first kappa shape index (κ1) is 68.7. The monoisotopic (exact) mass is 1230 g/mol. The number of carbonyl (C=O) groups excluding carboxylic acids is 1. The van der Waals surface area contributed by atoms with Crippen LogP contribution in [0.2, 0.25) is 0 Å². The molecule has 4 aromatic rings. The molecule has 0 atom stereocenters. The number of aromatic carboxylic acids is 2. The Bertz CT molecular complexity index is 2880. The molecule has 2 aliphatic heterocycles. The highest BCUT2D eigenvalue weighted by Gasteiger charge is 2.31. The van der Waals surface area contributed by atoms with Crippen molar-refractivity contribution in [3.63, 3.8) is 0 Å². The fourth-order valence-corrected chi connectivity index (χ4v) is 9.68. The van der Waals surface area contributed by atoms with Crippen molar-refractivity contribution in [3.05, 3.63) is 79.9 Å². The van der Waals surface area contributed by atoms with E-state index in [2.05, 4.69) is 5.32 Å². The first-order valence-corrected chi connectivity index (χ1v) is 30.0. The first-order valence-electron chi connectivity index (χ1n) is 30.0. The summed E-state index contributed by atoms with van der Waals surface area (Å²) in [5, 5.41) is 22.2.